The number of ether oxygens (including phenoxy) is 3. The fourth-order valence-corrected chi connectivity index (χ4v) is 2.25. The molecule has 1 aliphatic heterocycles. The molecule has 1 fully saturated rings. The van der Waals surface area contributed by atoms with Gasteiger partial charge in [0, 0.05) is 19.6 Å². The van der Waals surface area contributed by atoms with Gasteiger partial charge in [-0.2, -0.15) is 11.8 Å². The third kappa shape index (κ3) is 3.86. The standard InChI is InChI=1S/C10H16O6S/c1-5(11)14-8-7(4-17-3)16-10(13)9(8)15-6(2)12/h7-10,13H,4H2,1-3H3/t7-,8-,9-,10-/m1/s1. The first-order chi connectivity index (χ1) is 7.95. The van der Waals surface area contributed by atoms with Crippen LogP contribution in [0.1, 0.15) is 13.8 Å². The van der Waals surface area contributed by atoms with Gasteiger partial charge < -0.3 is 19.3 Å². The number of hydrogen-bond acceptors (Lipinski definition) is 7. The van der Waals surface area contributed by atoms with Crippen LogP contribution in [0.2, 0.25) is 0 Å². The fraction of sp³-hybridized carbons (Fsp3) is 0.800. The van der Waals surface area contributed by atoms with Crippen molar-refractivity contribution in [3.05, 3.63) is 0 Å². The van der Waals surface area contributed by atoms with E-state index in [4.69, 9.17) is 14.2 Å². The number of hydrogen-bond donors (Lipinski definition) is 1. The third-order valence-corrected chi connectivity index (χ3v) is 2.88. The summed E-state index contributed by atoms with van der Waals surface area (Å²) < 4.78 is 15.2. The second-order valence-electron chi connectivity index (χ2n) is 3.67. The Kier molecular flexibility index (Phi) is 5.23. The lowest BCUT2D eigenvalue weighted by molar-refractivity contribution is -0.174. The molecular weight excluding hydrogens is 248 g/mol. The minimum absolute atomic E-state index is 0.478. The number of aliphatic hydroxyl groups excluding tert-OH is 1. The first kappa shape index (κ1) is 14.3. The minimum atomic E-state index is -1.26. The first-order valence-corrected chi connectivity index (χ1v) is 6.52. The van der Waals surface area contributed by atoms with Crippen LogP contribution >= 0.6 is 11.8 Å². The summed E-state index contributed by atoms with van der Waals surface area (Å²) in [6.45, 7) is 2.48. The molecule has 0 aliphatic carbocycles. The molecule has 0 saturated carbocycles. The second-order valence-corrected chi connectivity index (χ2v) is 4.58. The quantitative estimate of drug-likeness (QED) is 0.712. The lowest BCUT2D eigenvalue weighted by Gasteiger charge is -2.21. The van der Waals surface area contributed by atoms with E-state index in [1.807, 2.05) is 6.26 Å². The molecule has 4 atom stereocenters. The van der Waals surface area contributed by atoms with Gasteiger partial charge in [0.1, 0.15) is 6.10 Å². The molecular formula is C10H16O6S. The molecule has 98 valence electrons. The van der Waals surface area contributed by atoms with E-state index in [0.29, 0.717) is 5.75 Å². The summed E-state index contributed by atoms with van der Waals surface area (Å²) in [4.78, 5) is 21.9. The average molecular weight is 264 g/mol. The Morgan fingerprint density at radius 2 is 1.76 bits per heavy atom. The Morgan fingerprint density at radius 3 is 2.24 bits per heavy atom. The van der Waals surface area contributed by atoms with Gasteiger partial charge in [0.15, 0.2) is 18.5 Å². The molecule has 0 aromatic heterocycles. The number of carbonyl (C=O) groups is 2. The highest BCUT2D eigenvalue weighted by atomic mass is 32.2. The van der Waals surface area contributed by atoms with E-state index in [2.05, 4.69) is 0 Å². The monoisotopic (exact) mass is 264 g/mol. The van der Waals surface area contributed by atoms with Crippen LogP contribution in [-0.2, 0) is 23.8 Å². The maximum atomic E-state index is 11.0. The van der Waals surface area contributed by atoms with Gasteiger partial charge in [-0.3, -0.25) is 9.59 Å². The van der Waals surface area contributed by atoms with Crippen molar-refractivity contribution in [3.63, 3.8) is 0 Å². The molecule has 1 N–H and O–H groups in total. The predicted molar refractivity (Wildman–Crippen MR) is 60.4 cm³/mol. The zero-order valence-electron chi connectivity index (χ0n) is 9.91. The molecule has 1 aliphatic rings. The van der Waals surface area contributed by atoms with Crippen LogP contribution in [0.3, 0.4) is 0 Å². The number of aliphatic hydroxyl groups is 1. The van der Waals surface area contributed by atoms with Gasteiger partial charge in [-0.15, -0.1) is 0 Å². The molecule has 0 radical (unpaired) electrons. The highest BCUT2D eigenvalue weighted by Gasteiger charge is 2.48. The summed E-state index contributed by atoms with van der Waals surface area (Å²) in [7, 11) is 0. The molecule has 6 nitrogen and oxygen atoms in total. The lowest BCUT2D eigenvalue weighted by Crippen LogP contribution is -2.40. The number of carbonyl (C=O) groups excluding carboxylic acids is 2. The third-order valence-electron chi connectivity index (χ3n) is 2.22. The minimum Gasteiger partial charge on any atom is -0.456 e. The summed E-state index contributed by atoms with van der Waals surface area (Å²) in [5.41, 5.74) is 0. The van der Waals surface area contributed by atoms with Crippen molar-refractivity contribution >= 4 is 23.7 Å². The molecule has 1 heterocycles. The van der Waals surface area contributed by atoms with Gasteiger partial charge in [0.25, 0.3) is 0 Å². The number of esters is 2. The molecule has 1 rings (SSSR count). The Labute approximate surface area is 104 Å². The topological polar surface area (TPSA) is 82.1 Å². The van der Waals surface area contributed by atoms with Gasteiger partial charge in [0.05, 0.1) is 0 Å². The smallest absolute Gasteiger partial charge is 0.303 e. The van der Waals surface area contributed by atoms with E-state index >= 15 is 0 Å². The van der Waals surface area contributed by atoms with Crippen LogP contribution in [0.25, 0.3) is 0 Å². The van der Waals surface area contributed by atoms with Gasteiger partial charge >= 0.3 is 11.9 Å². The fourth-order valence-electron chi connectivity index (χ4n) is 1.66. The molecule has 1 saturated heterocycles. The van der Waals surface area contributed by atoms with E-state index in [0.717, 1.165) is 0 Å². The zero-order valence-corrected chi connectivity index (χ0v) is 10.7. The predicted octanol–water partition coefficient (Wildman–Crippen LogP) is -0.0700. The van der Waals surface area contributed by atoms with Crippen LogP contribution in [0, 0.1) is 0 Å². The maximum Gasteiger partial charge on any atom is 0.303 e. The Balaban J connectivity index is 2.76. The lowest BCUT2D eigenvalue weighted by atomic mass is 10.1. The molecule has 0 amide bonds. The Bertz CT molecular complexity index is 295. The van der Waals surface area contributed by atoms with Gasteiger partial charge in [-0.05, 0) is 6.26 Å². The number of rotatable bonds is 4. The van der Waals surface area contributed by atoms with Crippen molar-refractivity contribution in [2.45, 2.75) is 38.4 Å². The van der Waals surface area contributed by atoms with Crippen molar-refractivity contribution in [2.24, 2.45) is 0 Å². The van der Waals surface area contributed by atoms with Crippen molar-refractivity contribution in [3.8, 4) is 0 Å². The van der Waals surface area contributed by atoms with E-state index in [1.54, 1.807) is 0 Å². The van der Waals surface area contributed by atoms with Crippen LogP contribution in [0.4, 0.5) is 0 Å². The van der Waals surface area contributed by atoms with E-state index in [-0.39, 0.29) is 0 Å². The van der Waals surface area contributed by atoms with Crippen LogP contribution in [0.15, 0.2) is 0 Å². The van der Waals surface area contributed by atoms with Crippen LogP contribution < -0.4 is 0 Å². The normalized spacial score (nSPS) is 32.2. The van der Waals surface area contributed by atoms with E-state index in [1.165, 1.54) is 25.6 Å². The van der Waals surface area contributed by atoms with Crippen LogP contribution in [0.5, 0.6) is 0 Å². The molecule has 0 bridgehead atoms. The van der Waals surface area contributed by atoms with Gasteiger partial charge in [-0.1, -0.05) is 0 Å². The summed E-state index contributed by atoms with van der Waals surface area (Å²) in [6, 6.07) is 0. The Morgan fingerprint density at radius 1 is 1.24 bits per heavy atom. The highest BCUT2D eigenvalue weighted by Crippen LogP contribution is 2.27. The zero-order chi connectivity index (χ0) is 13.0. The molecule has 17 heavy (non-hydrogen) atoms. The van der Waals surface area contributed by atoms with Crippen molar-refractivity contribution in [1.82, 2.24) is 0 Å². The molecule has 7 heteroatoms. The van der Waals surface area contributed by atoms with E-state index < -0.39 is 36.5 Å². The number of thioether (sulfide) groups is 1. The molecule has 0 spiro atoms. The second kappa shape index (κ2) is 6.23. The molecule has 0 aromatic rings. The van der Waals surface area contributed by atoms with Gasteiger partial charge in [-0.25, -0.2) is 0 Å². The van der Waals surface area contributed by atoms with Gasteiger partial charge in [0.2, 0.25) is 0 Å². The molecule has 0 aromatic carbocycles. The van der Waals surface area contributed by atoms with E-state index in [9.17, 15) is 14.7 Å². The average Bonchev–Trinajstić information content (AvgIpc) is 2.45. The van der Waals surface area contributed by atoms with Crippen molar-refractivity contribution in [1.29, 1.82) is 0 Å². The first-order valence-electron chi connectivity index (χ1n) is 5.12. The summed E-state index contributed by atoms with van der Waals surface area (Å²) in [6.07, 6.45) is -1.61. The summed E-state index contributed by atoms with van der Waals surface area (Å²) in [5.74, 6) is -0.525. The van der Waals surface area contributed by atoms with Crippen LogP contribution in [-0.4, -0.2) is 53.7 Å². The molecule has 0 unspecified atom stereocenters. The summed E-state index contributed by atoms with van der Waals surface area (Å²) in [5, 5.41) is 9.62. The largest absolute Gasteiger partial charge is 0.456 e. The van der Waals surface area contributed by atoms with Crippen molar-refractivity contribution < 1.29 is 28.9 Å². The maximum absolute atomic E-state index is 11.0. The highest BCUT2D eigenvalue weighted by molar-refractivity contribution is 7.98. The SMILES string of the molecule is CSC[C@H]1O[C@@H](O)[C@H](OC(C)=O)[C@@H]1OC(C)=O. The van der Waals surface area contributed by atoms with Crippen molar-refractivity contribution in [2.75, 3.05) is 12.0 Å². The summed E-state index contributed by atoms with van der Waals surface area (Å²) >= 11 is 1.48. The Hall–Kier alpha value is -0.790.